The van der Waals surface area contributed by atoms with Crippen molar-refractivity contribution in [2.24, 2.45) is 10.8 Å². The highest BCUT2D eigenvalue weighted by Crippen LogP contribution is 2.23. The van der Waals surface area contributed by atoms with Gasteiger partial charge in [0.15, 0.2) is 0 Å². The fourth-order valence-electron chi connectivity index (χ4n) is 2.30. The monoisotopic (exact) mass is 252 g/mol. The molecule has 1 heterocycles. The lowest BCUT2D eigenvalue weighted by molar-refractivity contribution is 0.430. The molecular weight excluding hydrogens is 236 g/mol. The van der Waals surface area contributed by atoms with Crippen LogP contribution in [-0.4, -0.2) is 10.9 Å². The Morgan fingerprint density at radius 1 is 0.947 bits per heavy atom. The molecule has 2 aromatic rings. The van der Waals surface area contributed by atoms with Crippen LogP contribution in [0.15, 0.2) is 59.6 Å². The van der Waals surface area contributed by atoms with Gasteiger partial charge in [-0.1, -0.05) is 42.5 Å². The van der Waals surface area contributed by atoms with Crippen molar-refractivity contribution in [3.05, 3.63) is 65.7 Å². The number of benzene rings is 2. The average Bonchev–Trinajstić information content (AvgIpc) is 2.89. The van der Waals surface area contributed by atoms with Gasteiger partial charge in [-0.05, 0) is 23.3 Å². The van der Waals surface area contributed by atoms with Gasteiger partial charge in [0.05, 0.1) is 5.69 Å². The van der Waals surface area contributed by atoms with Gasteiger partial charge in [-0.2, -0.15) is 0 Å². The summed E-state index contributed by atoms with van der Waals surface area (Å²) < 4.78 is 0. The number of para-hydroxylation sites is 1. The minimum absolute atomic E-state index is 0.697. The van der Waals surface area contributed by atoms with E-state index in [1.54, 1.807) is 0 Å². The Labute approximate surface area is 112 Å². The smallest absolute Gasteiger partial charge is 0.214 e. The van der Waals surface area contributed by atoms with Gasteiger partial charge in [0.2, 0.25) is 5.96 Å². The lowest BCUT2D eigenvalue weighted by Crippen LogP contribution is -2.41. The Bertz CT molecular complexity index is 567. The molecule has 4 heteroatoms. The minimum Gasteiger partial charge on any atom is -0.333 e. The van der Waals surface area contributed by atoms with E-state index >= 15 is 0 Å². The molecule has 0 aliphatic carbocycles. The van der Waals surface area contributed by atoms with Crippen LogP contribution in [0.5, 0.6) is 0 Å². The van der Waals surface area contributed by atoms with E-state index in [0.717, 1.165) is 18.8 Å². The van der Waals surface area contributed by atoms with Crippen LogP contribution in [-0.2, 0) is 13.1 Å². The topological polar surface area (TPSA) is 53.6 Å². The number of nitrogens with two attached hydrogens (primary N) is 1. The van der Waals surface area contributed by atoms with Crippen molar-refractivity contribution in [3.8, 4) is 0 Å². The zero-order valence-corrected chi connectivity index (χ0v) is 10.6. The molecule has 0 bridgehead atoms. The summed E-state index contributed by atoms with van der Waals surface area (Å²) in [6.45, 7) is 1.68. The molecule has 19 heavy (non-hydrogen) atoms. The Hall–Kier alpha value is -2.33. The summed E-state index contributed by atoms with van der Waals surface area (Å²) in [5.74, 6) is 6.31. The lowest BCUT2D eigenvalue weighted by Gasteiger charge is -2.19. The van der Waals surface area contributed by atoms with Gasteiger partial charge in [0, 0.05) is 13.1 Å². The summed E-state index contributed by atoms with van der Waals surface area (Å²) in [5, 5.41) is 0. The standard InChI is InChI=1S/C15H16N4/c16-18-15(17-14-8-2-1-3-9-14)19-10-12-6-4-5-7-13(12)11-19/h1-9H,10-11,16H2,(H,17,18). The van der Waals surface area contributed by atoms with E-state index in [-0.39, 0.29) is 0 Å². The van der Waals surface area contributed by atoms with Gasteiger partial charge in [0.1, 0.15) is 0 Å². The van der Waals surface area contributed by atoms with Crippen LogP contribution < -0.4 is 11.3 Å². The molecule has 1 aliphatic heterocycles. The first-order valence-corrected chi connectivity index (χ1v) is 6.29. The fourth-order valence-corrected chi connectivity index (χ4v) is 2.30. The molecule has 0 atom stereocenters. The van der Waals surface area contributed by atoms with Crippen molar-refractivity contribution < 1.29 is 0 Å². The molecule has 0 radical (unpaired) electrons. The van der Waals surface area contributed by atoms with Gasteiger partial charge >= 0.3 is 0 Å². The summed E-state index contributed by atoms with van der Waals surface area (Å²) in [4.78, 5) is 6.69. The normalized spacial score (nSPS) is 14.4. The van der Waals surface area contributed by atoms with E-state index in [1.165, 1.54) is 11.1 Å². The molecular formula is C15H16N4. The second-order valence-electron chi connectivity index (χ2n) is 4.54. The van der Waals surface area contributed by atoms with Crippen molar-refractivity contribution in [1.82, 2.24) is 10.3 Å². The van der Waals surface area contributed by atoms with Crippen LogP contribution in [0.2, 0.25) is 0 Å². The number of hydrogen-bond acceptors (Lipinski definition) is 2. The molecule has 2 aromatic carbocycles. The molecule has 0 unspecified atom stereocenters. The van der Waals surface area contributed by atoms with Crippen molar-refractivity contribution in [1.29, 1.82) is 0 Å². The van der Waals surface area contributed by atoms with Crippen molar-refractivity contribution in [2.75, 3.05) is 0 Å². The van der Waals surface area contributed by atoms with Gasteiger partial charge in [-0.25, -0.2) is 10.8 Å². The Morgan fingerprint density at radius 2 is 1.53 bits per heavy atom. The number of rotatable bonds is 1. The van der Waals surface area contributed by atoms with E-state index in [9.17, 15) is 0 Å². The number of hydrazine groups is 1. The van der Waals surface area contributed by atoms with Gasteiger partial charge in [0.25, 0.3) is 0 Å². The molecule has 0 amide bonds. The Kier molecular flexibility index (Phi) is 3.16. The largest absolute Gasteiger partial charge is 0.333 e. The lowest BCUT2D eigenvalue weighted by atomic mass is 10.1. The van der Waals surface area contributed by atoms with Crippen LogP contribution in [0.1, 0.15) is 11.1 Å². The highest BCUT2D eigenvalue weighted by atomic mass is 15.4. The summed E-state index contributed by atoms with van der Waals surface area (Å²) in [6.07, 6.45) is 0. The van der Waals surface area contributed by atoms with Crippen molar-refractivity contribution in [3.63, 3.8) is 0 Å². The van der Waals surface area contributed by atoms with Crippen LogP contribution in [0.4, 0.5) is 5.69 Å². The van der Waals surface area contributed by atoms with Crippen molar-refractivity contribution in [2.45, 2.75) is 13.1 Å². The highest BCUT2D eigenvalue weighted by Gasteiger charge is 2.20. The number of aliphatic imine (C=N–C) groups is 1. The molecule has 0 saturated carbocycles. The zero-order chi connectivity index (χ0) is 13.1. The molecule has 1 aliphatic rings. The number of fused-ring (bicyclic) bond motifs is 1. The van der Waals surface area contributed by atoms with Gasteiger partial charge < -0.3 is 4.90 Å². The SMILES string of the molecule is NNC(=Nc1ccccc1)N1Cc2ccccc2C1. The summed E-state index contributed by atoms with van der Waals surface area (Å²) >= 11 is 0. The molecule has 0 fully saturated rings. The summed E-state index contributed by atoms with van der Waals surface area (Å²) in [5.41, 5.74) is 6.26. The summed E-state index contributed by atoms with van der Waals surface area (Å²) in [6, 6.07) is 18.2. The van der Waals surface area contributed by atoms with E-state index in [2.05, 4.69) is 39.6 Å². The molecule has 0 spiro atoms. The van der Waals surface area contributed by atoms with Crippen LogP contribution in [0.3, 0.4) is 0 Å². The van der Waals surface area contributed by atoms with Gasteiger partial charge in [-0.3, -0.25) is 5.43 Å². The number of hydrogen-bond donors (Lipinski definition) is 2. The van der Waals surface area contributed by atoms with Crippen LogP contribution in [0.25, 0.3) is 0 Å². The third-order valence-corrected chi connectivity index (χ3v) is 3.26. The first-order chi connectivity index (χ1) is 9.36. The second-order valence-corrected chi connectivity index (χ2v) is 4.54. The molecule has 4 nitrogen and oxygen atoms in total. The maximum atomic E-state index is 5.61. The third-order valence-electron chi connectivity index (χ3n) is 3.26. The maximum absolute atomic E-state index is 5.61. The zero-order valence-electron chi connectivity index (χ0n) is 10.6. The predicted molar refractivity (Wildman–Crippen MR) is 76.5 cm³/mol. The average molecular weight is 252 g/mol. The predicted octanol–water partition coefficient (Wildman–Crippen LogP) is 2.15. The Morgan fingerprint density at radius 3 is 2.11 bits per heavy atom. The Balaban J connectivity index is 1.84. The quantitative estimate of drug-likeness (QED) is 0.354. The van der Waals surface area contributed by atoms with E-state index in [0.29, 0.717) is 5.96 Å². The fraction of sp³-hybridized carbons (Fsp3) is 0.133. The number of nitrogens with zero attached hydrogens (tertiary/aromatic N) is 2. The molecule has 3 N–H and O–H groups in total. The van der Waals surface area contributed by atoms with Crippen LogP contribution in [0, 0.1) is 0 Å². The molecule has 0 aromatic heterocycles. The van der Waals surface area contributed by atoms with Gasteiger partial charge in [-0.15, -0.1) is 0 Å². The van der Waals surface area contributed by atoms with E-state index in [4.69, 9.17) is 5.84 Å². The first-order valence-electron chi connectivity index (χ1n) is 6.29. The van der Waals surface area contributed by atoms with Crippen LogP contribution >= 0.6 is 0 Å². The number of nitrogens with one attached hydrogen (secondary N) is 1. The highest BCUT2D eigenvalue weighted by molar-refractivity contribution is 5.82. The van der Waals surface area contributed by atoms with E-state index in [1.807, 2.05) is 30.3 Å². The number of guanidine groups is 1. The molecule has 0 saturated heterocycles. The second kappa shape index (κ2) is 5.12. The molecule has 3 rings (SSSR count). The third kappa shape index (κ3) is 2.44. The van der Waals surface area contributed by atoms with E-state index < -0.39 is 0 Å². The molecule has 96 valence electrons. The minimum atomic E-state index is 0.697. The maximum Gasteiger partial charge on any atom is 0.214 e. The van der Waals surface area contributed by atoms with Crippen molar-refractivity contribution >= 4 is 11.6 Å². The summed E-state index contributed by atoms with van der Waals surface area (Å²) in [7, 11) is 0. The first kappa shape index (κ1) is 11.7.